The van der Waals surface area contributed by atoms with Gasteiger partial charge in [0.2, 0.25) is 0 Å². The van der Waals surface area contributed by atoms with Crippen LogP contribution >= 0.6 is 11.6 Å². The number of halogens is 1. The smallest absolute Gasteiger partial charge is 0.170 e. The molecule has 5 rings (SSSR count). The van der Waals surface area contributed by atoms with Crippen molar-refractivity contribution in [2.75, 3.05) is 0 Å². The Morgan fingerprint density at radius 1 is 1.00 bits per heavy atom. The molecule has 4 heteroatoms. The predicted molar refractivity (Wildman–Crippen MR) is 105 cm³/mol. The van der Waals surface area contributed by atoms with Gasteiger partial charge in [0.25, 0.3) is 0 Å². The van der Waals surface area contributed by atoms with E-state index >= 15 is 0 Å². The van der Waals surface area contributed by atoms with Crippen LogP contribution in [0.5, 0.6) is 11.5 Å². The normalized spacial score (nSPS) is 28.7. The average Bonchev–Trinajstić information content (AvgIpc) is 3.33. The number of fused-ring (bicyclic) bond motifs is 5. The number of carbonyl (C=O) groups is 1. The molecule has 2 fully saturated rings. The number of carbonyl (C=O) groups excluding carboxylic acids is 1. The molecule has 0 aliphatic heterocycles. The number of aliphatic hydroxyl groups is 1. The Morgan fingerprint density at radius 2 is 1.67 bits per heavy atom. The number of Topliss-reactive ketones (excluding diaryl/α,β-unsaturated/α-hetero) is 1. The van der Waals surface area contributed by atoms with Gasteiger partial charge >= 0.3 is 0 Å². The van der Waals surface area contributed by atoms with Gasteiger partial charge in [-0.3, -0.25) is 4.79 Å². The average molecular weight is 381 g/mol. The number of hydrogen-bond acceptors (Lipinski definition) is 3. The van der Waals surface area contributed by atoms with Crippen molar-refractivity contribution in [3.05, 3.63) is 64.4 Å². The van der Waals surface area contributed by atoms with E-state index in [2.05, 4.69) is 0 Å². The van der Waals surface area contributed by atoms with E-state index in [4.69, 9.17) is 16.3 Å². The topological polar surface area (TPSA) is 46.5 Å². The Balaban J connectivity index is 1.51. The summed E-state index contributed by atoms with van der Waals surface area (Å²) in [7, 11) is 0. The van der Waals surface area contributed by atoms with Gasteiger partial charge in [0, 0.05) is 16.9 Å². The third kappa shape index (κ3) is 2.60. The summed E-state index contributed by atoms with van der Waals surface area (Å²) in [6, 6.07) is 12.9. The molecular weight excluding hydrogens is 360 g/mol. The zero-order chi connectivity index (χ0) is 18.7. The minimum absolute atomic E-state index is 0.0148. The predicted octanol–water partition coefficient (Wildman–Crippen LogP) is 5.95. The van der Waals surface area contributed by atoms with Crippen molar-refractivity contribution in [3.8, 4) is 11.5 Å². The summed E-state index contributed by atoms with van der Waals surface area (Å²) in [5.41, 5.74) is 2.28. The number of rotatable bonds is 3. The van der Waals surface area contributed by atoms with Crippen LogP contribution in [0.15, 0.2) is 48.2 Å². The SMILES string of the molecule is Cc1ccc(Oc2ccc(Cl)cc2)cc1C1=C(O)[C@@H]2[C@@H]3CC[C@@H](C3)[C@@H]2C1=O. The summed E-state index contributed by atoms with van der Waals surface area (Å²) < 4.78 is 5.93. The first-order chi connectivity index (χ1) is 13.0. The number of allylic oxidation sites excluding steroid dienone is 2. The minimum atomic E-state index is -0.0148. The Bertz CT molecular complexity index is 960. The number of ketones is 1. The van der Waals surface area contributed by atoms with Crippen LogP contribution in [0.4, 0.5) is 0 Å². The summed E-state index contributed by atoms with van der Waals surface area (Å²) in [6.07, 6.45) is 3.35. The van der Waals surface area contributed by atoms with Crippen molar-refractivity contribution in [1.82, 2.24) is 0 Å². The summed E-state index contributed by atoms with van der Waals surface area (Å²) >= 11 is 5.93. The molecule has 4 atom stereocenters. The van der Waals surface area contributed by atoms with Crippen molar-refractivity contribution < 1.29 is 14.6 Å². The molecule has 27 heavy (non-hydrogen) atoms. The minimum Gasteiger partial charge on any atom is -0.511 e. The van der Waals surface area contributed by atoms with E-state index < -0.39 is 0 Å². The lowest BCUT2D eigenvalue weighted by atomic mass is 9.80. The Kier molecular flexibility index (Phi) is 3.83. The zero-order valence-corrected chi connectivity index (χ0v) is 15.9. The molecule has 0 aromatic heterocycles. The van der Waals surface area contributed by atoms with Crippen LogP contribution in [0.25, 0.3) is 5.57 Å². The second-order valence-electron chi connectivity index (χ2n) is 8.04. The highest BCUT2D eigenvalue weighted by molar-refractivity contribution is 6.30. The Morgan fingerprint density at radius 3 is 2.37 bits per heavy atom. The first-order valence-electron chi connectivity index (χ1n) is 9.54. The van der Waals surface area contributed by atoms with Gasteiger partial charge in [-0.25, -0.2) is 0 Å². The molecule has 138 valence electrons. The first-order valence-corrected chi connectivity index (χ1v) is 9.92. The maximum absolute atomic E-state index is 13.2. The highest BCUT2D eigenvalue weighted by Gasteiger charge is 2.57. The van der Waals surface area contributed by atoms with Gasteiger partial charge in [-0.15, -0.1) is 0 Å². The third-order valence-corrected chi connectivity index (χ3v) is 6.82. The van der Waals surface area contributed by atoms with E-state index in [9.17, 15) is 9.90 Å². The molecule has 3 aliphatic rings. The van der Waals surface area contributed by atoms with E-state index in [1.54, 1.807) is 24.3 Å². The number of hydrogen-bond donors (Lipinski definition) is 1. The fourth-order valence-electron chi connectivity index (χ4n) is 5.36. The maximum atomic E-state index is 13.2. The molecule has 1 N–H and O–H groups in total. The molecule has 3 aliphatic carbocycles. The van der Waals surface area contributed by atoms with E-state index in [0.29, 0.717) is 39.7 Å². The second kappa shape index (κ2) is 6.13. The third-order valence-electron chi connectivity index (χ3n) is 6.57. The van der Waals surface area contributed by atoms with Gasteiger partial charge in [-0.05, 0) is 85.5 Å². The van der Waals surface area contributed by atoms with Gasteiger partial charge < -0.3 is 9.84 Å². The lowest BCUT2D eigenvalue weighted by molar-refractivity contribution is -0.118. The quantitative estimate of drug-likeness (QED) is 0.715. The van der Waals surface area contributed by atoms with Crippen molar-refractivity contribution >= 4 is 23.0 Å². The molecule has 0 radical (unpaired) electrons. The van der Waals surface area contributed by atoms with Crippen molar-refractivity contribution in [3.63, 3.8) is 0 Å². The molecule has 2 aromatic rings. The summed E-state index contributed by atoms with van der Waals surface area (Å²) in [4.78, 5) is 13.2. The molecule has 2 bridgehead atoms. The van der Waals surface area contributed by atoms with E-state index in [-0.39, 0.29) is 17.6 Å². The van der Waals surface area contributed by atoms with Gasteiger partial charge in [0.05, 0.1) is 5.57 Å². The molecule has 0 heterocycles. The van der Waals surface area contributed by atoms with Gasteiger partial charge in [-0.1, -0.05) is 17.7 Å². The van der Waals surface area contributed by atoms with Gasteiger partial charge in [0.15, 0.2) is 5.78 Å². The lowest BCUT2D eigenvalue weighted by Gasteiger charge is -2.23. The monoisotopic (exact) mass is 380 g/mol. The largest absolute Gasteiger partial charge is 0.511 e. The molecule has 3 nitrogen and oxygen atoms in total. The van der Waals surface area contributed by atoms with Crippen LogP contribution in [0.3, 0.4) is 0 Å². The number of aryl methyl sites for hydroxylation is 1. The van der Waals surface area contributed by atoms with Crippen LogP contribution in [0, 0.1) is 30.6 Å². The molecule has 0 spiro atoms. The molecule has 2 saturated carbocycles. The Labute approximate surface area is 163 Å². The van der Waals surface area contributed by atoms with Gasteiger partial charge in [-0.2, -0.15) is 0 Å². The number of ether oxygens (including phenoxy) is 1. The first kappa shape index (κ1) is 16.9. The highest BCUT2D eigenvalue weighted by Crippen LogP contribution is 2.60. The van der Waals surface area contributed by atoms with Crippen LogP contribution in [-0.2, 0) is 4.79 Å². The number of benzene rings is 2. The highest BCUT2D eigenvalue weighted by atomic mass is 35.5. The summed E-state index contributed by atoms with van der Waals surface area (Å²) in [5.74, 6) is 2.69. The molecule has 0 amide bonds. The van der Waals surface area contributed by atoms with Crippen molar-refractivity contribution in [2.24, 2.45) is 23.7 Å². The van der Waals surface area contributed by atoms with Crippen LogP contribution in [0.1, 0.15) is 30.4 Å². The number of aliphatic hydroxyl groups excluding tert-OH is 1. The van der Waals surface area contributed by atoms with Crippen molar-refractivity contribution in [1.29, 1.82) is 0 Å². The maximum Gasteiger partial charge on any atom is 0.170 e. The van der Waals surface area contributed by atoms with Gasteiger partial charge in [0.1, 0.15) is 17.3 Å². The molecule has 0 unspecified atom stereocenters. The lowest BCUT2D eigenvalue weighted by Crippen LogP contribution is -2.24. The fraction of sp³-hybridized carbons (Fsp3) is 0.348. The van der Waals surface area contributed by atoms with E-state index in [1.807, 2.05) is 25.1 Å². The summed E-state index contributed by atoms with van der Waals surface area (Å²) in [6.45, 7) is 1.97. The fourth-order valence-corrected chi connectivity index (χ4v) is 5.49. The van der Waals surface area contributed by atoms with E-state index in [1.165, 1.54) is 0 Å². The Hall–Kier alpha value is -2.26. The van der Waals surface area contributed by atoms with E-state index in [0.717, 1.165) is 30.4 Å². The molecule has 0 saturated heterocycles. The van der Waals surface area contributed by atoms with Crippen molar-refractivity contribution in [2.45, 2.75) is 26.2 Å². The van der Waals surface area contributed by atoms with Crippen LogP contribution < -0.4 is 4.74 Å². The van der Waals surface area contributed by atoms with Crippen LogP contribution in [-0.4, -0.2) is 10.9 Å². The molecular formula is C23H21ClO3. The zero-order valence-electron chi connectivity index (χ0n) is 15.1. The standard InChI is InChI=1S/C23H21ClO3/c1-12-2-7-17(27-16-8-5-15(24)6-9-16)11-18(12)21-22(25)19-13-3-4-14(10-13)20(19)23(21)26/h2,5-9,11,13-14,19-20,25H,3-4,10H2,1H3/t13-,14+,19-,20+/m1/s1. The molecule has 2 aromatic carbocycles. The van der Waals surface area contributed by atoms with Crippen LogP contribution in [0.2, 0.25) is 5.02 Å². The second-order valence-corrected chi connectivity index (χ2v) is 8.48. The summed E-state index contributed by atoms with van der Waals surface area (Å²) in [5, 5.41) is 11.6.